The molecule has 3 rings (SSSR count). The predicted molar refractivity (Wildman–Crippen MR) is 99.6 cm³/mol. The van der Waals surface area contributed by atoms with Gasteiger partial charge in [0.1, 0.15) is 11.6 Å². The van der Waals surface area contributed by atoms with Crippen molar-refractivity contribution in [3.05, 3.63) is 76.8 Å². The molecular formula is C21H18FNO4. The van der Waals surface area contributed by atoms with Gasteiger partial charge in [-0.05, 0) is 31.2 Å². The van der Waals surface area contributed by atoms with Crippen LogP contribution in [0, 0.1) is 5.82 Å². The molecule has 1 amide bonds. The van der Waals surface area contributed by atoms with Crippen molar-refractivity contribution in [3.63, 3.8) is 0 Å². The fourth-order valence-electron chi connectivity index (χ4n) is 3.04. The largest absolute Gasteiger partial charge is 0.496 e. The zero-order chi connectivity index (χ0) is 19.6. The zero-order valence-corrected chi connectivity index (χ0v) is 15.2. The second-order valence-corrected chi connectivity index (χ2v) is 5.84. The van der Waals surface area contributed by atoms with Gasteiger partial charge < -0.3 is 9.47 Å². The third-order valence-electron chi connectivity index (χ3n) is 4.32. The zero-order valence-electron chi connectivity index (χ0n) is 15.2. The lowest BCUT2D eigenvalue weighted by atomic mass is 10.0. The van der Waals surface area contributed by atoms with Gasteiger partial charge in [-0.3, -0.25) is 9.69 Å². The van der Waals surface area contributed by atoms with E-state index in [0.717, 1.165) is 0 Å². The van der Waals surface area contributed by atoms with Crippen molar-refractivity contribution < 1.29 is 23.5 Å². The summed E-state index contributed by atoms with van der Waals surface area (Å²) >= 11 is 0. The number of anilines is 1. The van der Waals surface area contributed by atoms with Crippen LogP contribution < -0.4 is 9.64 Å². The van der Waals surface area contributed by atoms with Gasteiger partial charge in [0.2, 0.25) is 0 Å². The Morgan fingerprint density at radius 1 is 1.07 bits per heavy atom. The van der Waals surface area contributed by atoms with Crippen LogP contribution in [0.4, 0.5) is 10.1 Å². The third-order valence-corrected chi connectivity index (χ3v) is 4.32. The van der Waals surface area contributed by atoms with Crippen molar-refractivity contribution in [1.82, 2.24) is 0 Å². The van der Waals surface area contributed by atoms with Gasteiger partial charge in [-0.25, -0.2) is 9.18 Å². The quantitative estimate of drug-likeness (QED) is 0.611. The number of halogens is 1. The number of methoxy groups -OCH3 is 2. The third kappa shape index (κ3) is 3.21. The summed E-state index contributed by atoms with van der Waals surface area (Å²) in [7, 11) is 2.75. The summed E-state index contributed by atoms with van der Waals surface area (Å²) in [5.41, 5.74) is 1.21. The Morgan fingerprint density at radius 2 is 1.74 bits per heavy atom. The number of hydrogen-bond acceptors (Lipinski definition) is 4. The number of amides is 1. The van der Waals surface area contributed by atoms with Crippen LogP contribution in [0.3, 0.4) is 0 Å². The predicted octanol–water partition coefficient (Wildman–Crippen LogP) is 3.71. The lowest BCUT2D eigenvalue weighted by molar-refractivity contribution is -0.136. The summed E-state index contributed by atoms with van der Waals surface area (Å²) in [4.78, 5) is 26.6. The van der Waals surface area contributed by atoms with Crippen molar-refractivity contribution in [1.29, 1.82) is 0 Å². The fraction of sp³-hybridized carbons (Fsp3) is 0.143. The normalized spacial score (nSPS) is 15.5. The molecule has 2 aromatic carbocycles. The van der Waals surface area contributed by atoms with Crippen molar-refractivity contribution in [2.75, 3.05) is 19.1 Å². The second-order valence-electron chi connectivity index (χ2n) is 5.84. The maximum atomic E-state index is 14.3. The van der Waals surface area contributed by atoms with Gasteiger partial charge in [-0.2, -0.15) is 0 Å². The molecule has 0 N–H and O–H groups in total. The van der Waals surface area contributed by atoms with Crippen LogP contribution >= 0.6 is 0 Å². The van der Waals surface area contributed by atoms with E-state index in [1.807, 2.05) is 0 Å². The average Bonchev–Trinajstić information content (AvgIpc) is 2.92. The van der Waals surface area contributed by atoms with Crippen LogP contribution in [0.1, 0.15) is 12.5 Å². The van der Waals surface area contributed by atoms with Crippen molar-refractivity contribution in [3.8, 4) is 5.75 Å². The molecule has 2 aromatic rings. The van der Waals surface area contributed by atoms with Gasteiger partial charge in [0.25, 0.3) is 5.91 Å². The average molecular weight is 367 g/mol. The number of carbonyl (C=O) groups excluding carboxylic acids is 2. The summed E-state index contributed by atoms with van der Waals surface area (Å²) < 4.78 is 24.5. The van der Waals surface area contributed by atoms with Crippen molar-refractivity contribution in [2.24, 2.45) is 0 Å². The first-order chi connectivity index (χ1) is 13.0. The lowest BCUT2D eigenvalue weighted by Crippen LogP contribution is -2.25. The molecule has 1 aliphatic rings. The minimum atomic E-state index is -0.666. The topological polar surface area (TPSA) is 55.8 Å². The number of esters is 1. The minimum Gasteiger partial charge on any atom is -0.496 e. The van der Waals surface area contributed by atoms with Crippen LogP contribution in [0.25, 0.3) is 6.08 Å². The van der Waals surface area contributed by atoms with E-state index >= 15 is 0 Å². The number of benzene rings is 2. The molecule has 0 atom stereocenters. The highest BCUT2D eigenvalue weighted by atomic mass is 19.1. The first-order valence-electron chi connectivity index (χ1n) is 8.22. The van der Waals surface area contributed by atoms with E-state index in [-0.39, 0.29) is 16.8 Å². The number of rotatable bonds is 4. The molecule has 0 aliphatic carbocycles. The Bertz CT molecular complexity index is 978. The molecule has 0 unspecified atom stereocenters. The summed E-state index contributed by atoms with van der Waals surface area (Å²) in [5.74, 6) is -1.19. The van der Waals surface area contributed by atoms with Crippen LogP contribution in [-0.4, -0.2) is 26.1 Å². The first kappa shape index (κ1) is 18.4. The van der Waals surface area contributed by atoms with Gasteiger partial charge in [0, 0.05) is 11.3 Å². The molecule has 0 bridgehead atoms. The highest BCUT2D eigenvalue weighted by Gasteiger charge is 2.38. The number of ether oxygens (including phenoxy) is 2. The van der Waals surface area contributed by atoms with Gasteiger partial charge in [0.15, 0.2) is 0 Å². The highest BCUT2D eigenvalue weighted by Crippen LogP contribution is 2.37. The number of para-hydroxylation sites is 2. The van der Waals surface area contributed by atoms with Crippen LogP contribution in [0.2, 0.25) is 0 Å². The van der Waals surface area contributed by atoms with E-state index in [4.69, 9.17) is 9.47 Å². The Hall–Kier alpha value is -3.41. The Labute approximate surface area is 156 Å². The maximum absolute atomic E-state index is 14.3. The number of hydrogen-bond donors (Lipinski definition) is 0. The smallest absolute Gasteiger partial charge is 0.340 e. The summed E-state index contributed by atoms with van der Waals surface area (Å²) in [5, 5.41) is 0. The molecule has 6 heteroatoms. The second kappa shape index (κ2) is 7.45. The molecule has 1 aliphatic heterocycles. The standard InChI is InChI=1S/C21H18FNO4/c1-13-19(21(25)27-3)15(12-14-8-4-7-11-18(14)26-2)20(24)23(13)17-10-6-5-9-16(17)22/h4-12H,1-3H3/b15-12-. The molecule has 27 heavy (non-hydrogen) atoms. The fourth-order valence-corrected chi connectivity index (χ4v) is 3.04. The molecule has 0 fully saturated rings. The SMILES string of the molecule is COC(=O)C1=C(C)N(c2ccccc2F)C(=O)/C1=C\c1ccccc1OC. The molecular weight excluding hydrogens is 349 g/mol. The molecule has 0 radical (unpaired) electrons. The van der Waals surface area contributed by atoms with E-state index in [9.17, 15) is 14.0 Å². The maximum Gasteiger partial charge on any atom is 0.340 e. The van der Waals surface area contributed by atoms with E-state index in [2.05, 4.69) is 0 Å². The van der Waals surface area contributed by atoms with E-state index < -0.39 is 17.7 Å². The molecule has 138 valence electrons. The first-order valence-corrected chi connectivity index (χ1v) is 8.22. The number of carbonyl (C=O) groups is 2. The Balaban J connectivity index is 2.19. The molecule has 0 aromatic heterocycles. The van der Waals surface area contributed by atoms with E-state index in [1.165, 1.54) is 37.3 Å². The molecule has 0 saturated heterocycles. The molecule has 1 heterocycles. The van der Waals surface area contributed by atoms with Crippen molar-refractivity contribution >= 4 is 23.6 Å². The molecule has 0 spiro atoms. The van der Waals surface area contributed by atoms with Gasteiger partial charge in [-0.1, -0.05) is 30.3 Å². The van der Waals surface area contributed by atoms with Crippen molar-refractivity contribution in [2.45, 2.75) is 6.92 Å². The van der Waals surface area contributed by atoms with Gasteiger partial charge >= 0.3 is 5.97 Å². The lowest BCUT2D eigenvalue weighted by Gasteiger charge is -2.18. The number of nitrogens with zero attached hydrogens (tertiary/aromatic N) is 1. The molecule has 5 nitrogen and oxygen atoms in total. The van der Waals surface area contributed by atoms with Gasteiger partial charge in [0.05, 0.1) is 31.1 Å². The molecule has 0 saturated carbocycles. The van der Waals surface area contributed by atoms with Crippen LogP contribution in [0.15, 0.2) is 65.4 Å². The highest BCUT2D eigenvalue weighted by molar-refractivity contribution is 6.24. The Kier molecular flexibility index (Phi) is 5.07. The number of allylic oxidation sites excluding steroid dienone is 1. The van der Waals surface area contributed by atoms with E-state index in [1.54, 1.807) is 43.3 Å². The summed E-state index contributed by atoms with van der Waals surface area (Å²) in [6.07, 6.45) is 1.55. The minimum absolute atomic E-state index is 0.0739. The van der Waals surface area contributed by atoms with Gasteiger partial charge in [-0.15, -0.1) is 0 Å². The van der Waals surface area contributed by atoms with Crippen LogP contribution in [-0.2, 0) is 14.3 Å². The van der Waals surface area contributed by atoms with E-state index in [0.29, 0.717) is 17.0 Å². The Morgan fingerprint density at radius 3 is 2.41 bits per heavy atom. The monoisotopic (exact) mass is 367 g/mol. The summed E-state index contributed by atoms with van der Waals surface area (Å²) in [6, 6.07) is 13.0. The summed E-state index contributed by atoms with van der Waals surface area (Å²) in [6.45, 7) is 1.58. The van der Waals surface area contributed by atoms with Crippen LogP contribution in [0.5, 0.6) is 5.75 Å².